The van der Waals surface area contributed by atoms with E-state index in [4.69, 9.17) is 23.2 Å². The van der Waals surface area contributed by atoms with Gasteiger partial charge in [0.05, 0.1) is 15.2 Å². The average Bonchev–Trinajstić information content (AvgIpc) is 2.84. The second-order valence-corrected chi connectivity index (χ2v) is 6.95. The fraction of sp³-hybridized carbons (Fsp3) is 0.176. The van der Waals surface area contributed by atoms with E-state index in [1.54, 1.807) is 12.1 Å². The molecule has 1 aromatic heterocycles. The van der Waals surface area contributed by atoms with Crippen molar-refractivity contribution >= 4 is 50.7 Å². The number of thiazole rings is 1. The number of hydrogen-bond acceptors (Lipinski definition) is 2. The monoisotopic (exact) mass is 364 g/mol. The van der Waals surface area contributed by atoms with Crippen molar-refractivity contribution < 1.29 is 4.79 Å². The van der Waals surface area contributed by atoms with Crippen molar-refractivity contribution in [1.82, 2.24) is 4.57 Å². The summed E-state index contributed by atoms with van der Waals surface area (Å²) in [4.78, 5) is 17.4. The molecule has 0 saturated carbocycles. The number of aromatic nitrogens is 1. The second kappa shape index (κ2) is 6.48. The van der Waals surface area contributed by atoms with Crippen LogP contribution in [0.5, 0.6) is 0 Å². The van der Waals surface area contributed by atoms with Gasteiger partial charge in [0.1, 0.15) is 0 Å². The normalized spacial score (nSPS) is 12.1. The van der Waals surface area contributed by atoms with E-state index in [2.05, 4.69) is 4.99 Å². The third-order valence-corrected chi connectivity index (χ3v) is 5.12. The zero-order chi connectivity index (χ0) is 16.6. The molecule has 6 heteroatoms. The number of aryl methyl sites for hydroxylation is 2. The average molecular weight is 365 g/mol. The lowest BCUT2D eigenvalue weighted by atomic mass is 10.1. The summed E-state index contributed by atoms with van der Waals surface area (Å²) in [5.74, 6) is -0.251. The highest BCUT2D eigenvalue weighted by atomic mass is 35.5. The molecule has 118 valence electrons. The Labute approximate surface area is 147 Å². The molecule has 3 rings (SSSR count). The maximum absolute atomic E-state index is 12.5. The van der Waals surface area contributed by atoms with Gasteiger partial charge in [0.2, 0.25) is 0 Å². The van der Waals surface area contributed by atoms with Crippen LogP contribution in [0.25, 0.3) is 10.2 Å². The molecule has 0 N–H and O–H groups in total. The first-order chi connectivity index (χ1) is 11.0. The summed E-state index contributed by atoms with van der Waals surface area (Å²) in [6, 6.07) is 11.0. The van der Waals surface area contributed by atoms with Crippen molar-refractivity contribution in [1.29, 1.82) is 0 Å². The van der Waals surface area contributed by atoms with Crippen LogP contribution in [0, 0.1) is 6.92 Å². The largest absolute Gasteiger partial charge is 0.315 e. The maximum atomic E-state index is 12.5. The summed E-state index contributed by atoms with van der Waals surface area (Å²) >= 11 is 13.8. The molecule has 0 unspecified atom stereocenters. The molecule has 3 aromatic rings. The fourth-order valence-electron chi connectivity index (χ4n) is 2.47. The number of nitrogens with zero attached hydrogens (tertiary/aromatic N) is 2. The molecule has 23 heavy (non-hydrogen) atoms. The first kappa shape index (κ1) is 16.2. The summed E-state index contributed by atoms with van der Waals surface area (Å²) in [5.41, 5.74) is 2.38. The topological polar surface area (TPSA) is 34.4 Å². The summed E-state index contributed by atoms with van der Waals surface area (Å²) < 4.78 is 2.86. The zero-order valence-electron chi connectivity index (χ0n) is 12.6. The van der Waals surface area contributed by atoms with E-state index in [-0.39, 0.29) is 5.91 Å². The summed E-state index contributed by atoms with van der Waals surface area (Å²) in [6.07, 6.45) is 0. The molecular formula is C17H14Cl2N2OS. The van der Waals surface area contributed by atoms with Gasteiger partial charge in [0, 0.05) is 17.1 Å². The van der Waals surface area contributed by atoms with Crippen LogP contribution in [-0.4, -0.2) is 10.5 Å². The zero-order valence-corrected chi connectivity index (χ0v) is 15.0. The molecule has 2 aromatic carbocycles. The van der Waals surface area contributed by atoms with Gasteiger partial charge in [-0.15, -0.1) is 0 Å². The Hall–Kier alpha value is -1.62. The van der Waals surface area contributed by atoms with Crippen LogP contribution in [0.1, 0.15) is 22.8 Å². The van der Waals surface area contributed by atoms with Gasteiger partial charge >= 0.3 is 0 Å². The number of rotatable bonds is 2. The number of amides is 1. The highest BCUT2D eigenvalue weighted by molar-refractivity contribution is 7.16. The third kappa shape index (κ3) is 3.07. The van der Waals surface area contributed by atoms with E-state index in [1.807, 2.05) is 42.7 Å². The van der Waals surface area contributed by atoms with E-state index in [9.17, 15) is 4.79 Å². The van der Waals surface area contributed by atoms with Crippen LogP contribution in [0.3, 0.4) is 0 Å². The van der Waals surface area contributed by atoms with Crippen LogP contribution in [-0.2, 0) is 6.54 Å². The number of fused-ring (bicyclic) bond motifs is 1. The third-order valence-electron chi connectivity index (χ3n) is 3.58. The number of halogens is 2. The molecule has 1 heterocycles. The molecule has 0 radical (unpaired) electrons. The van der Waals surface area contributed by atoms with E-state index >= 15 is 0 Å². The molecule has 0 fully saturated rings. The Morgan fingerprint density at radius 3 is 2.70 bits per heavy atom. The fourth-order valence-corrected chi connectivity index (χ4v) is 4.34. The number of benzene rings is 2. The minimum absolute atomic E-state index is 0.251. The number of hydrogen-bond donors (Lipinski definition) is 0. The number of carbonyl (C=O) groups excluding carboxylic acids is 1. The summed E-state index contributed by atoms with van der Waals surface area (Å²) in [7, 11) is 0. The molecule has 0 atom stereocenters. The van der Waals surface area contributed by atoms with E-state index in [1.165, 1.54) is 11.3 Å². The maximum Gasteiger partial charge on any atom is 0.279 e. The molecule has 0 aliphatic carbocycles. The van der Waals surface area contributed by atoms with Crippen LogP contribution < -0.4 is 4.80 Å². The van der Waals surface area contributed by atoms with Crippen LogP contribution in [0.4, 0.5) is 0 Å². The van der Waals surface area contributed by atoms with Crippen LogP contribution >= 0.6 is 34.5 Å². The van der Waals surface area contributed by atoms with E-state index in [0.717, 1.165) is 15.8 Å². The Balaban J connectivity index is 2.22. The molecule has 1 amide bonds. The Morgan fingerprint density at radius 2 is 2.00 bits per heavy atom. The van der Waals surface area contributed by atoms with Gasteiger partial charge in [-0.3, -0.25) is 4.79 Å². The van der Waals surface area contributed by atoms with Gasteiger partial charge in [-0.1, -0.05) is 52.7 Å². The predicted molar refractivity (Wildman–Crippen MR) is 96.6 cm³/mol. The van der Waals surface area contributed by atoms with E-state index in [0.29, 0.717) is 27.0 Å². The molecule has 0 saturated heterocycles. The predicted octanol–water partition coefficient (Wildman–Crippen LogP) is 5.08. The minimum atomic E-state index is -0.251. The lowest BCUT2D eigenvalue weighted by molar-refractivity contribution is 0.0997. The van der Waals surface area contributed by atoms with Crippen molar-refractivity contribution in [2.45, 2.75) is 20.4 Å². The number of carbonyl (C=O) groups is 1. The van der Waals surface area contributed by atoms with Gasteiger partial charge in [-0.05, 0) is 37.6 Å². The Kier molecular flexibility index (Phi) is 4.57. The van der Waals surface area contributed by atoms with Crippen molar-refractivity contribution in [2.75, 3.05) is 0 Å². The SMILES string of the molecule is CCn1c(=NC(=O)c2ccccc2C)sc2cc(Cl)cc(Cl)c21. The first-order valence-electron chi connectivity index (χ1n) is 7.14. The molecule has 0 spiro atoms. The lowest BCUT2D eigenvalue weighted by Gasteiger charge is -2.03. The minimum Gasteiger partial charge on any atom is -0.315 e. The Morgan fingerprint density at radius 1 is 1.26 bits per heavy atom. The van der Waals surface area contributed by atoms with Crippen LogP contribution in [0.15, 0.2) is 41.4 Å². The van der Waals surface area contributed by atoms with Crippen LogP contribution in [0.2, 0.25) is 10.0 Å². The van der Waals surface area contributed by atoms with Gasteiger partial charge in [0.15, 0.2) is 4.80 Å². The highest BCUT2D eigenvalue weighted by Gasteiger charge is 2.12. The molecule has 0 bridgehead atoms. The van der Waals surface area contributed by atoms with Crippen molar-refractivity contribution in [3.05, 3.63) is 62.4 Å². The van der Waals surface area contributed by atoms with Crippen molar-refractivity contribution in [3.8, 4) is 0 Å². The molecule has 0 aliphatic heterocycles. The summed E-state index contributed by atoms with van der Waals surface area (Å²) in [5, 5.41) is 1.14. The van der Waals surface area contributed by atoms with Gasteiger partial charge < -0.3 is 4.57 Å². The van der Waals surface area contributed by atoms with Gasteiger partial charge in [-0.25, -0.2) is 0 Å². The summed E-state index contributed by atoms with van der Waals surface area (Å²) in [6.45, 7) is 4.56. The lowest BCUT2D eigenvalue weighted by Crippen LogP contribution is -2.16. The second-order valence-electron chi connectivity index (χ2n) is 5.10. The van der Waals surface area contributed by atoms with E-state index < -0.39 is 0 Å². The molecular weight excluding hydrogens is 351 g/mol. The first-order valence-corrected chi connectivity index (χ1v) is 8.71. The van der Waals surface area contributed by atoms with Gasteiger partial charge in [-0.2, -0.15) is 4.99 Å². The van der Waals surface area contributed by atoms with Gasteiger partial charge in [0.25, 0.3) is 5.91 Å². The van der Waals surface area contributed by atoms with Crippen molar-refractivity contribution in [3.63, 3.8) is 0 Å². The standard InChI is InChI=1S/C17H14Cl2N2OS/c1-3-21-15-13(19)8-11(18)9-14(15)23-17(21)20-16(22)12-7-5-4-6-10(12)2/h4-9H,3H2,1-2H3. The molecule has 3 nitrogen and oxygen atoms in total. The highest BCUT2D eigenvalue weighted by Crippen LogP contribution is 2.29. The molecule has 0 aliphatic rings. The smallest absolute Gasteiger partial charge is 0.279 e. The quantitative estimate of drug-likeness (QED) is 0.624. The Bertz CT molecular complexity index is 972. The van der Waals surface area contributed by atoms with Crippen molar-refractivity contribution in [2.24, 2.45) is 4.99 Å².